The largest absolute Gasteiger partial charge is 0.497 e. The van der Waals surface area contributed by atoms with E-state index in [4.69, 9.17) is 8.92 Å². The van der Waals surface area contributed by atoms with Gasteiger partial charge in [-0.25, -0.2) is 0 Å². The van der Waals surface area contributed by atoms with Crippen LogP contribution in [0.1, 0.15) is 5.56 Å². The molecule has 0 unspecified atom stereocenters. The molecule has 5 nitrogen and oxygen atoms in total. The molecule has 0 bridgehead atoms. The first kappa shape index (κ1) is 15.0. The van der Waals surface area contributed by atoms with Gasteiger partial charge >= 0.3 is 0 Å². The number of methoxy groups -OCH3 is 1. The zero-order chi connectivity index (χ0) is 14.6. The number of hydrogen-bond acceptors (Lipinski definition) is 5. The van der Waals surface area contributed by atoms with Crippen LogP contribution in [0.25, 0.3) is 0 Å². The van der Waals surface area contributed by atoms with E-state index in [2.05, 4.69) is 4.98 Å². The van der Waals surface area contributed by atoms with Crippen LogP contribution in [0.3, 0.4) is 0 Å². The highest BCUT2D eigenvalue weighted by Gasteiger charge is 2.06. The summed E-state index contributed by atoms with van der Waals surface area (Å²) < 4.78 is 31.7. The summed E-state index contributed by atoms with van der Waals surface area (Å²) in [6, 6.07) is 9.55. The lowest BCUT2D eigenvalue weighted by Crippen LogP contribution is -2.01. The Balaban J connectivity index is 1.98. The Morgan fingerprint density at radius 2 is 1.95 bits per heavy atom. The maximum absolute atomic E-state index is 10.9. The van der Waals surface area contributed by atoms with E-state index in [1.54, 1.807) is 25.1 Å². The number of hydrogen-bond donors (Lipinski definition) is 1. The van der Waals surface area contributed by atoms with Crippen LogP contribution in [0.15, 0.2) is 46.5 Å². The Hall–Kier alpha value is -1.44. The minimum Gasteiger partial charge on any atom is -0.497 e. The Morgan fingerprint density at radius 3 is 2.55 bits per heavy atom. The molecule has 0 saturated heterocycles. The molecule has 2 aromatic rings. The third kappa shape index (κ3) is 4.59. The zero-order valence-electron chi connectivity index (χ0n) is 11.1. The predicted molar refractivity (Wildman–Crippen MR) is 77.5 cm³/mol. The highest BCUT2D eigenvalue weighted by Crippen LogP contribution is 2.28. The van der Waals surface area contributed by atoms with Gasteiger partial charge in [-0.3, -0.25) is 4.18 Å². The number of aromatic amines is 1. The van der Waals surface area contributed by atoms with Gasteiger partial charge in [-0.2, -0.15) is 8.42 Å². The van der Waals surface area contributed by atoms with Crippen LogP contribution < -0.4 is 4.74 Å². The van der Waals surface area contributed by atoms with Crippen molar-refractivity contribution in [2.75, 3.05) is 13.4 Å². The van der Waals surface area contributed by atoms with Gasteiger partial charge in [-0.05, 0) is 35.9 Å². The molecular formula is C13H15NO4S2. The van der Waals surface area contributed by atoms with E-state index < -0.39 is 10.1 Å². The van der Waals surface area contributed by atoms with Crippen LogP contribution in [-0.4, -0.2) is 26.8 Å². The SMILES string of the molecule is COc1ccc(Sc2cc(COS(C)(=O)=O)c[nH]2)cc1. The van der Waals surface area contributed by atoms with Crippen LogP contribution in [0.2, 0.25) is 0 Å². The lowest BCUT2D eigenvalue weighted by atomic mass is 10.3. The molecule has 0 saturated carbocycles. The van der Waals surface area contributed by atoms with E-state index in [0.717, 1.165) is 27.5 Å². The minimum atomic E-state index is -3.41. The molecule has 108 valence electrons. The standard InChI is InChI=1S/C13H15NO4S2/c1-17-11-3-5-12(6-4-11)19-13-7-10(8-14-13)9-18-20(2,15)16/h3-8,14H,9H2,1-2H3. The first-order valence-corrected chi connectivity index (χ1v) is 8.43. The number of nitrogens with one attached hydrogen (secondary N) is 1. The molecule has 0 radical (unpaired) electrons. The molecule has 0 aliphatic carbocycles. The van der Waals surface area contributed by atoms with E-state index in [1.807, 2.05) is 30.3 Å². The van der Waals surface area contributed by atoms with Gasteiger partial charge in [0.1, 0.15) is 5.75 Å². The van der Waals surface area contributed by atoms with Crippen LogP contribution in [0, 0.1) is 0 Å². The fourth-order valence-corrected chi connectivity index (χ4v) is 2.71. The number of aromatic nitrogens is 1. The first-order valence-electron chi connectivity index (χ1n) is 5.80. The van der Waals surface area contributed by atoms with E-state index in [0.29, 0.717) is 0 Å². The smallest absolute Gasteiger partial charge is 0.264 e. The second-order valence-electron chi connectivity index (χ2n) is 4.12. The quantitative estimate of drug-likeness (QED) is 0.830. The summed E-state index contributed by atoms with van der Waals surface area (Å²) in [6.07, 6.45) is 2.77. The van der Waals surface area contributed by atoms with Gasteiger partial charge in [0.25, 0.3) is 10.1 Å². The summed E-state index contributed by atoms with van der Waals surface area (Å²) in [4.78, 5) is 4.13. The van der Waals surface area contributed by atoms with Crippen LogP contribution in [0.4, 0.5) is 0 Å². The van der Waals surface area contributed by atoms with Gasteiger partial charge in [0.05, 0.1) is 25.0 Å². The lowest BCUT2D eigenvalue weighted by molar-refractivity contribution is 0.312. The van der Waals surface area contributed by atoms with Crippen molar-refractivity contribution in [1.29, 1.82) is 0 Å². The molecule has 1 N–H and O–H groups in total. The van der Waals surface area contributed by atoms with Crippen molar-refractivity contribution in [3.63, 3.8) is 0 Å². The second-order valence-corrected chi connectivity index (χ2v) is 6.88. The molecular weight excluding hydrogens is 298 g/mol. The molecule has 1 heterocycles. The number of ether oxygens (including phenoxy) is 1. The molecule has 0 aliphatic rings. The average Bonchev–Trinajstić information content (AvgIpc) is 2.84. The van der Waals surface area contributed by atoms with Gasteiger partial charge in [0.2, 0.25) is 0 Å². The summed E-state index contributed by atoms with van der Waals surface area (Å²) in [5, 5.41) is 0.919. The monoisotopic (exact) mass is 313 g/mol. The normalized spacial score (nSPS) is 11.5. The second kappa shape index (κ2) is 6.34. The average molecular weight is 313 g/mol. The zero-order valence-corrected chi connectivity index (χ0v) is 12.8. The van der Waals surface area contributed by atoms with Crippen molar-refractivity contribution in [1.82, 2.24) is 4.98 Å². The van der Waals surface area contributed by atoms with Crippen molar-refractivity contribution in [3.05, 3.63) is 42.1 Å². The fraction of sp³-hybridized carbons (Fsp3) is 0.231. The number of benzene rings is 1. The van der Waals surface area contributed by atoms with Gasteiger partial charge in [-0.15, -0.1) is 0 Å². The summed E-state index contributed by atoms with van der Waals surface area (Å²) >= 11 is 1.54. The van der Waals surface area contributed by atoms with Crippen molar-refractivity contribution in [2.24, 2.45) is 0 Å². The number of H-pyrrole nitrogens is 1. The maximum Gasteiger partial charge on any atom is 0.264 e. The Morgan fingerprint density at radius 1 is 1.25 bits per heavy atom. The fourth-order valence-electron chi connectivity index (χ4n) is 1.50. The molecule has 1 aromatic heterocycles. The van der Waals surface area contributed by atoms with Crippen molar-refractivity contribution in [3.8, 4) is 5.75 Å². The predicted octanol–water partition coefficient (Wildman–Crippen LogP) is 2.65. The topological polar surface area (TPSA) is 68.4 Å². The van der Waals surface area contributed by atoms with Crippen molar-refractivity contribution in [2.45, 2.75) is 16.5 Å². The van der Waals surface area contributed by atoms with Crippen molar-refractivity contribution < 1.29 is 17.3 Å². The van der Waals surface area contributed by atoms with E-state index in [1.165, 1.54) is 0 Å². The van der Waals surface area contributed by atoms with E-state index in [-0.39, 0.29) is 6.61 Å². The molecule has 20 heavy (non-hydrogen) atoms. The van der Waals surface area contributed by atoms with Gasteiger partial charge < -0.3 is 9.72 Å². The van der Waals surface area contributed by atoms with Gasteiger partial charge in [0, 0.05) is 11.1 Å². The van der Waals surface area contributed by atoms with Crippen LogP contribution in [0.5, 0.6) is 5.75 Å². The highest BCUT2D eigenvalue weighted by atomic mass is 32.2. The molecule has 1 aromatic carbocycles. The Labute approximate surface area is 122 Å². The molecule has 0 spiro atoms. The Bertz CT molecular complexity index is 662. The van der Waals surface area contributed by atoms with E-state index in [9.17, 15) is 8.42 Å². The summed E-state index contributed by atoms with van der Waals surface area (Å²) in [6.45, 7) is 0.0402. The third-order valence-corrected chi connectivity index (χ3v) is 3.95. The molecule has 0 fully saturated rings. The van der Waals surface area contributed by atoms with Gasteiger partial charge in [0.15, 0.2) is 0 Å². The number of rotatable bonds is 6. The molecule has 0 aliphatic heterocycles. The summed E-state index contributed by atoms with van der Waals surface area (Å²) in [7, 11) is -1.79. The van der Waals surface area contributed by atoms with Crippen LogP contribution in [-0.2, 0) is 20.9 Å². The Kier molecular flexibility index (Phi) is 4.74. The molecule has 2 rings (SSSR count). The van der Waals surface area contributed by atoms with Gasteiger partial charge in [-0.1, -0.05) is 11.8 Å². The summed E-state index contributed by atoms with van der Waals surface area (Å²) in [5.41, 5.74) is 0.784. The molecule has 7 heteroatoms. The minimum absolute atomic E-state index is 0.0402. The molecule has 0 atom stereocenters. The van der Waals surface area contributed by atoms with E-state index >= 15 is 0 Å². The van der Waals surface area contributed by atoms with Crippen LogP contribution >= 0.6 is 11.8 Å². The lowest BCUT2D eigenvalue weighted by Gasteiger charge is -2.01. The first-order chi connectivity index (χ1) is 9.46. The summed E-state index contributed by atoms with van der Waals surface area (Å²) in [5.74, 6) is 0.808. The highest BCUT2D eigenvalue weighted by molar-refractivity contribution is 7.99. The molecule has 0 amide bonds. The third-order valence-electron chi connectivity index (χ3n) is 2.44. The van der Waals surface area contributed by atoms with Crippen molar-refractivity contribution >= 4 is 21.9 Å². The maximum atomic E-state index is 10.9.